The number of carbonyl (C=O) groups is 1. The van der Waals surface area contributed by atoms with Gasteiger partial charge in [0, 0.05) is 25.0 Å². The van der Waals surface area contributed by atoms with E-state index in [-0.39, 0.29) is 18.0 Å². The third-order valence-corrected chi connectivity index (χ3v) is 9.27. The van der Waals surface area contributed by atoms with Gasteiger partial charge in [-0.25, -0.2) is 0 Å². The van der Waals surface area contributed by atoms with E-state index >= 15 is 0 Å². The van der Waals surface area contributed by atoms with E-state index in [1.54, 1.807) is 0 Å². The predicted molar refractivity (Wildman–Crippen MR) is 112 cm³/mol. The SMILES string of the molecule is C=C1CCC[C@]2(C)C[C@H]3OC(=O)[C@H](CN4C[C@]5(C)C[C@@H]4CC(C)(C)C5)[C@H]3C[C@@H]12. The molecule has 0 amide bonds. The van der Waals surface area contributed by atoms with Crippen LogP contribution >= 0.6 is 0 Å². The molecular weight excluding hydrogens is 346 g/mol. The molecule has 0 radical (unpaired) electrons. The van der Waals surface area contributed by atoms with Crippen LogP contribution in [0.5, 0.6) is 0 Å². The molecule has 5 aliphatic rings. The molecule has 0 unspecified atom stereocenters. The summed E-state index contributed by atoms with van der Waals surface area (Å²) in [6.45, 7) is 16.3. The highest BCUT2D eigenvalue weighted by atomic mass is 16.6. The van der Waals surface area contributed by atoms with Crippen LogP contribution in [-0.2, 0) is 9.53 Å². The molecule has 0 N–H and O–H groups in total. The van der Waals surface area contributed by atoms with Crippen molar-refractivity contribution in [2.45, 2.75) is 91.2 Å². The zero-order valence-corrected chi connectivity index (χ0v) is 18.4. The van der Waals surface area contributed by atoms with E-state index in [4.69, 9.17) is 4.74 Å². The summed E-state index contributed by atoms with van der Waals surface area (Å²) in [6, 6.07) is 0.652. The summed E-state index contributed by atoms with van der Waals surface area (Å²) in [6.07, 6.45) is 9.93. The summed E-state index contributed by atoms with van der Waals surface area (Å²) < 4.78 is 6.02. The summed E-state index contributed by atoms with van der Waals surface area (Å²) >= 11 is 0. The summed E-state index contributed by atoms with van der Waals surface area (Å²) in [4.78, 5) is 15.6. The molecule has 5 fully saturated rings. The Balaban J connectivity index is 1.34. The zero-order valence-electron chi connectivity index (χ0n) is 18.4. The Kier molecular flexibility index (Phi) is 4.17. The quantitative estimate of drug-likeness (QED) is 0.483. The molecule has 156 valence electrons. The first-order chi connectivity index (χ1) is 13.1. The van der Waals surface area contributed by atoms with Crippen LogP contribution in [0.2, 0.25) is 0 Å². The van der Waals surface area contributed by atoms with Crippen molar-refractivity contribution in [2.24, 2.45) is 34.0 Å². The van der Waals surface area contributed by atoms with Gasteiger partial charge in [-0.15, -0.1) is 0 Å². The van der Waals surface area contributed by atoms with Gasteiger partial charge in [0.25, 0.3) is 0 Å². The number of allylic oxidation sites excluding steroid dienone is 1. The summed E-state index contributed by atoms with van der Waals surface area (Å²) in [5.41, 5.74) is 2.60. The van der Waals surface area contributed by atoms with E-state index in [1.807, 2.05) is 0 Å². The minimum absolute atomic E-state index is 0.0790. The van der Waals surface area contributed by atoms with Gasteiger partial charge in [0.2, 0.25) is 0 Å². The molecule has 0 aromatic heterocycles. The number of hydrogen-bond donors (Lipinski definition) is 0. The first-order valence-electron chi connectivity index (χ1n) is 11.7. The summed E-state index contributed by atoms with van der Waals surface area (Å²) in [5, 5.41) is 0. The molecule has 5 rings (SSSR count). The van der Waals surface area contributed by atoms with Gasteiger partial charge in [0.05, 0.1) is 5.92 Å². The molecule has 28 heavy (non-hydrogen) atoms. The van der Waals surface area contributed by atoms with Crippen LogP contribution in [0.25, 0.3) is 0 Å². The molecule has 3 saturated carbocycles. The Morgan fingerprint density at radius 3 is 2.75 bits per heavy atom. The van der Waals surface area contributed by atoms with Crippen molar-refractivity contribution in [3.05, 3.63) is 12.2 Å². The van der Waals surface area contributed by atoms with Gasteiger partial charge in [0.1, 0.15) is 6.10 Å². The van der Waals surface area contributed by atoms with E-state index in [2.05, 4.69) is 39.2 Å². The number of likely N-dealkylation sites (tertiary alicyclic amines) is 1. The van der Waals surface area contributed by atoms with Crippen LogP contribution in [0.15, 0.2) is 12.2 Å². The highest BCUT2D eigenvalue weighted by Gasteiger charge is 2.57. The molecule has 2 bridgehead atoms. The van der Waals surface area contributed by atoms with Gasteiger partial charge >= 0.3 is 5.97 Å². The second kappa shape index (κ2) is 6.09. The second-order valence-corrected chi connectivity index (χ2v) is 12.5. The topological polar surface area (TPSA) is 29.5 Å². The second-order valence-electron chi connectivity index (χ2n) is 12.5. The number of esters is 1. The van der Waals surface area contributed by atoms with E-state index in [0.717, 1.165) is 25.9 Å². The molecular formula is C25H39NO2. The van der Waals surface area contributed by atoms with Crippen molar-refractivity contribution < 1.29 is 9.53 Å². The molecule has 0 spiro atoms. The van der Waals surface area contributed by atoms with Gasteiger partial charge in [0.15, 0.2) is 0 Å². The fourth-order valence-electron chi connectivity index (χ4n) is 8.51. The molecule has 0 aromatic carbocycles. The molecule has 3 heteroatoms. The first-order valence-corrected chi connectivity index (χ1v) is 11.7. The normalized spacial score (nSPS) is 50.2. The maximum Gasteiger partial charge on any atom is 0.310 e. The van der Waals surface area contributed by atoms with Gasteiger partial charge in [-0.3, -0.25) is 9.69 Å². The lowest BCUT2D eigenvalue weighted by Gasteiger charge is -2.50. The van der Waals surface area contributed by atoms with E-state index < -0.39 is 0 Å². The molecule has 3 nitrogen and oxygen atoms in total. The lowest BCUT2D eigenvalue weighted by atomic mass is 9.55. The third kappa shape index (κ3) is 2.99. The maximum atomic E-state index is 12.9. The summed E-state index contributed by atoms with van der Waals surface area (Å²) in [7, 11) is 0. The van der Waals surface area contributed by atoms with Crippen molar-refractivity contribution in [1.29, 1.82) is 0 Å². The van der Waals surface area contributed by atoms with Gasteiger partial charge in [-0.2, -0.15) is 0 Å². The number of nitrogens with zero attached hydrogens (tertiary/aromatic N) is 1. The van der Waals surface area contributed by atoms with Crippen LogP contribution in [0.1, 0.15) is 79.1 Å². The highest BCUT2D eigenvalue weighted by Crippen LogP contribution is 2.58. The zero-order chi connectivity index (χ0) is 19.9. The lowest BCUT2D eigenvalue weighted by Crippen LogP contribution is -2.46. The Labute approximate surface area is 171 Å². The Bertz CT molecular complexity index is 699. The lowest BCUT2D eigenvalue weighted by molar-refractivity contribution is -0.146. The van der Waals surface area contributed by atoms with E-state index in [1.165, 1.54) is 44.1 Å². The van der Waals surface area contributed by atoms with Crippen molar-refractivity contribution in [2.75, 3.05) is 13.1 Å². The number of ether oxygens (including phenoxy) is 1. The average molecular weight is 386 g/mol. The highest BCUT2D eigenvalue weighted by molar-refractivity contribution is 5.75. The smallest absolute Gasteiger partial charge is 0.310 e. The molecule has 2 heterocycles. The Morgan fingerprint density at radius 2 is 1.96 bits per heavy atom. The Morgan fingerprint density at radius 1 is 1.18 bits per heavy atom. The van der Waals surface area contributed by atoms with Crippen molar-refractivity contribution in [3.8, 4) is 0 Å². The number of carbonyl (C=O) groups excluding carboxylic acids is 1. The van der Waals surface area contributed by atoms with Crippen molar-refractivity contribution in [3.63, 3.8) is 0 Å². The monoisotopic (exact) mass is 385 g/mol. The van der Waals surface area contributed by atoms with Gasteiger partial charge in [-0.1, -0.05) is 39.8 Å². The van der Waals surface area contributed by atoms with E-state index in [9.17, 15) is 4.79 Å². The molecule has 2 aliphatic heterocycles. The van der Waals surface area contributed by atoms with Crippen LogP contribution < -0.4 is 0 Å². The fourth-order valence-corrected chi connectivity index (χ4v) is 8.51. The van der Waals surface area contributed by atoms with Crippen molar-refractivity contribution >= 4 is 5.97 Å². The van der Waals surface area contributed by atoms with Gasteiger partial charge in [-0.05, 0) is 73.5 Å². The molecule has 3 aliphatic carbocycles. The summed E-state index contributed by atoms with van der Waals surface area (Å²) in [5.74, 6) is 1.17. The third-order valence-electron chi connectivity index (χ3n) is 9.27. The fraction of sp³-hybridized carbons (Fsp3) is 0.880. The predicted octanol–water partition coefficient (Wildman–Crippen LogP) is 5.20. The standard InChI is InChI=1S/C25H39NO2/c1-16-7-6-8-25(5)12-21-18(9-20(16)25)19(22(27)28-21)13-26-15-24(4)11-17(26)10-23(2,3)14-24/h17-21H,1,6-15H2,2-5H3/t17-,18+,19+,20-,21+,24+,25+/m0/s1. The Hall–Kier alpha value is -0.830. The van der Waals surface area contributed by atoms with Crippen LogP contribution in [-0.4, -0.2) is 36.1 Å². The van der Waals surface area contributed by atoms with Crippen LogP contribution in [0.3, 0.4) is 0 Å². The average Bonchev–Trinajstić information content (AvgIpc) is 2.97. The largest absolute Gasteiger partial charge is 0.462 e. The van der Waals surface area contributed by atoms with Crippen LogP contribution in [0.4, 0.5) is 0 Å². The number of fused-ring (bicyclic) bond motifs is 4. The molecule has 0 aromatic rings. The minimum Gasteiger partial charge on any atom is -0.462 e. The molecule has 7 atom stereocenters. The number of hydrogen-bond acceptors (Lipinski definition) is 3. The first kappa shape index (κ1) is 19.2. The van der Waals surface area contributed by atoms with E-state index in [0.29, 0.717) is 34.1 Å². The molecule has 2 saturated heterocycles. The van der Waals surface area contributed by atoms with Crippen LogP contribution in [0, 0.1) is 34.0 Å². The minimum atomic E-state index is 0.0790. The van der Waals surface area contributed by atoms with Crippen molar-refractivity contribution in [1.82, 2.24) is 4.90 Å². The maximum absolute atomic E-state index is 12.9. The van der Waals surface area contributed by atoms with Gasteiger partial charge < -0.3 is 4.74 Å². The number of rotatable bonds is 2.